The first-order chi connectivity index (χ1) is 9.58. The van der Waals surface area contributed by atoms with Crippen molar-refractivity contribution in [2.45, 2.75) is 33.6 Å². The number of benzene rings is 1. The van der Waals surface area contributed by atoms with Crippen LogP contribution >= 0.6 is 0 Å². The molecular formula is C16H18O4. The van der Waals surface area contributed by atoms with Crippen LogP contribution in [0.2, 0.25) is 0 Å². The molecule has 106 valence electrons. The summed E-state index contributed by atoms with van der Waals surface area (Å²) in [7, 11) is 0. The Morgan fingerprint density at radius 1 is 1.30 bits per heavy atom. The van der Waals surface area contributed by atoms with Crippen LogP contribution in [0.25, 0.3) is 11.0 Å². The number of ketones is 1. The smallest absolute Gasteiger partial charge is 0.336 e. The van der Waals surface area contributed by atoms with Crippen LogP contribution in [0.3, 0.4) is 0 Å². The molecule has 0 aliphatic carbocycles. The number of hydrogen-bond acceptors (Lipinski definition) is 4. The minimum atomic E-state index is -0.451. The molecule has 0 bridgehead atoms. The molecule has 1 aromatic carbocycles. The quantitative estimate of drug-likeness (QED) is 0.618. The highest BCUT2D eigenvalue weighted by molar-refractivity contribution is 6.08. The minimum absolute atomic E-state index is 0.0875. The van der Waals surface area contributed by atoms with E-state index in [4.69, 9.17) is 9.15 Å². The molecule has 0 aliphatic rings. The maximum Gasteiger partial charge on any atom is 0.336 e. The van der Waals surface area contributed by atoms with Gasteiger partial charge < -0.3 is 9.15 Å². The van der Waals surface area contributed by atoms with Crippen LogP contribution in [-0.2, 0) is 0 Å². The van der Waals surface area contributed by atoms with Crippen molar-refractivity contribution < 1.29 is 13.9 Å². The average molecular weight is 274 g/mol. The second kappa shape index (κ2) is 5.90. The molecule has 0 radical (unpaired) electrons. The van der Waals surface area contributed by atoms with Crippen molar-refractivity contribution in [2.24, 2.45) is 0 Å². The molecule has 0 fully saturated rings. The lowest BCUT2D eigenvalue weighted by atomic mass is 10.0. The first-order valence-electron chi connectivity index (χ1n) is 6.82. The van der Waals surface area contributed by atoms with Gasteiger partial charge in [-0.1, -0.05) is 13.8 Å². The molecule has 4 heteroatoms. The van der Waals surface area contributed by atoms with Gasteiger partial charge in [-0.15, -0.1) is 0 Å². The van der Waals surface area contributed by atoms with E-state index in [1.165, 1.54) is 6.07 Å². The average Bonchev–Trinajstić information content (AvgIpc) is 2.43. The molecule has 0 saturated carbocycles. The van der Waals surface area contributed by atoms with Crippen molar-refractivity contribution in [1.29, 1.82) is 0 Å². The fourth-order valence-corrected chi connectivity index (χ4v) is 2.14. The van der Waals surface area contributed by atoms with Gasteiger partial charge in [0.2, 0.25) is 0 Å². The van der Waals surface area contributed by atoms with Gasteiger partial charge in [-0.2, -0.15) is 0 Å². The summed E-state index contributed by atoms with van der Waals surface area (Å²) < 4.78 is 10.9. The zero-order valence-electron chi connectivity index (χ0n) is 12.0. The normalized spacial score (nSPS) is 10.8. The van der Waals surface area contributed by atoms with Crippen molar-refractivity contribution >= 4 is 16.8 Å². The first kappa shape index (κ1) is 14.3. The second-order valence-corrected chi connectivity index (χ2v) is 4.69. The summed E-state index contributed by atoms with van der Waals surface area (Å²) in [5.74, 6) is 0.399. The fourth-order valence-electron chi connectivity index (χ4n) is 2.14. The summed E-state index contributed by atoms with van der Waals surface area (Å²) in [6, 6.07) is 5.02. The molecule has 2 rings (SSSR count). The lowest BCUT2D eigenvalue weighted by Gasteiger charge is -2.12. The molecule has 0 N–H and O–H groups in total. The van der Waals surface area contributed by atoms with Gasteiger partial charge in [-0.3, -0.25) is 4.79 Å². The number of aryl methyl sites for hydroxylation is 1. The number of carbonyl (C=O) groups is 1. The molecule has 0 aliphatic heterocycles. The van der Waals surface area contributed by atoms with E-state index in [9.17, 15) is 9.59 Å². The molecule has 2 aromatic rings. The predicted octanol–water partition coefficient (Wildman–Crippen LogP) is 3.48. The van der Waals surface area contributed by atoms with Gasteiger partial charge in [-0.05, 0) is 31.0 Å². The van der Waals surface area contributed by atoms with Gasteiger partial charge in [0, 0.05) is 17.9 Å². The Hall–Kier alpha value is -2.10. The maximum atomic E-state index is 12.2. The summed E-state index contributed by atoms with van der Waals surface area (Å²) in [6.45, 7) is 6.11. The number of ether oxygens (including phenoxy) is 1. The Bertz CT molecular complexity index is 697. The van der Waals surface area contributed by atoms with E-state index in [1.54, 1.807) is 13.0 Å². The van der Waals surface area contributed by atoms with E-state index in [2.05, 4.69) is 0 Å². The molecule has 1 heterocycles. The summed E-state index contributed by atoms with van der Waals surface area (Å²) in [4.78, 5) is 23.8. The number of carbonyl (C=O) groups excluding carboxylic acids is 1. The van der Waals surface area contributed by atoms with Crippen molar-refractivity contribution in [1.82, 2.24) is 0 Å². The predicted molar refractivity (Wildman–Crippen MR) is 77.6 cm³/mol. The molecule has 20 heavy (non-hydrogen) atoms. The fraction of sp³-hybridized carbons (Fsp3) is 0.375. The minimum Gasteiger partial charge on any atom is -0.493 e. The van der Waals surface area contributed by atoms with Crippen LogP contribution in [0, 0.1) is 6.92 Å². The van der Waals surface area contributed by atoms with Crippen molar-refractivity contribution in [3.8, 4) is 5.75 Å². The van der Waals surface area contributed by atoms with Gasteiger partial charge in [0.1, 0.15) is 11.3 Å². The summed E-state index contributed by atoms with van der Waals surface area (Å²) in [5.41, 5.74) is 1.05. The molecule has 0 atom stereocenters. The second-order valence-electron chi connectivity index (χ2n) is 4.69. The van der Waals surface area contributed by atoms with E-state index in [0.29, 0.717) is 29.9 Å². The zero-order chi connectivity index (χ0) is 14.7. The molecule has 4 nitrogen and oxygen atoms in total. The molecule has 1 aromatic heterocycles. The number of hydrogen-bond donors (Lipinski definition) is 0. The number of Topliss-reactive ketones (excluding diaryl/α,β-unsaturated/α-hetero) is 1. The van der Waals surface area contributed by atoms with Gasteiger partial charge >= 0.3 is 5.63 Å². The highest BCUT2D eigenvalue weighted by atomic mass is 16.5. The van der Waals surface area contributed by atoms with Crippen LogP contribution in [-0.4, -0.2) is 12.4 Å². The third-order valence-corrected chi connectivity index (χ3v) is 3.14. The topological polar surface area (TPSA) is 56.5 Å². The molecule has 0 spiro atoms. The standard InChI is InChI=1S/C16H18O4/c1-4-8-19-13-7-6-11-10(3)9-14(18)20-16(11)15(13)12(17)5-2/h6-7,9H,4-5,8H2,1-3H3. The lowest BCUT2D eigenvalue weighted by molar-refractivity contribution is 0.0984. The van der Waals surface area contributed by atoms with Gasteiger partial charge in [0.05, 0.1) is 6.61 Å². The molecule has 0 unspecified atom stereocenters. The van der Waals surface area contributed by atoms with E-state index >= 15 is 0 Å². The summed E-state index contributed by atoms with van der Waals surface area (Å²) >= 11 is 0. The number of fused-ring (bicyclic) bond motifs is 1. The third-order valence-electron chi connectivity index (χ3n) is 3.14. The maximum absolute atomic E-state index is 12.2. The Balaban J connectivity index is 2.75. The molecular weight excluding hydrogens is 256 g/mol. The van der Waals surface area contributed by atoms with Crippen molar-refractivity contribution in [3.63, 3.8) is 0 Å². The van der Waals surface area contributed by atoms with Gasteiger partial charge in [0.15, 0.2) is 11.4 Å². The van der Waals surface area contributed by atoms with Crippen LogP contribution in [0.15, 0.2) is 27.4 Å². The molecule has 0 amide bonds. The van der Waals surface area contributed by atoms with E-state index in [0.717, 1.165) is 17.4 Å². The van der Waals surface area contributed by atoms with Crippen LogP contribution < -0.4 is 10.4 Å². The largest absolute Gasteiger partial charge is 0.493 e. The highest BCUT2D eigenvalue weighted by Gasteiger charge is 2.18. The van der Waals surface area contributed by atoms with E-state index in [-0.39, 0.29) is 5.78 Å². The van der Waals surface area contributed by atoms with Crippen molar-refractivity contribution in [3.05, 3.63) is 39.7 Å². The molecule has 0 saturated heterocycles. The van der Waals surface area contributed by atoms with Crippen LogP contribution in [0.5, 0.6) is 5.75 Å². The Kier molecular flexibility index (Phi) is 4.23. The Morgan fingerprint density at radius 3 is 2.70 bits per heavy atom. The van der Waals surface area contributed by atoms with Crippen LogP contribution in [0.4, 0.5) is 0 Å². The lowest BCUT2D eigenvalue weighted by Crippen LogP contribution is -2.07. The van der Waals surface area contributed by atoms with E-state index in [1.807, 2.05) is 19.9 Å². The third kappa shape index (κ3) is 2.59. The Labute approximate surface area is 117 Å². The van der Waals surface area contributed by atoms with Crippen molar-refractivity contribution in [2.75, 3.05) is 6.61 Å². The highest BCUT2D eigenvalue weighted by Crippen LogP contribution is 2.30. The SMILES string of the molecule is CCCOc1ccc2c(C)cc(=O)oc2c1C(=O)CC. The first-order valence-corrected chi connectivity index (χ1v) is 6.82. The number of rotatable bonds is 5. The van der Waals surface area contributed by atoms with E-state index < -0.39 is 5.63 Å². The van der Waals surface area contributed by atoms with Gasteiger partial charge in [0.25, 0.3) is 0 Å². The Morgan fingerprint density at radius 2 is 2.05 bits per heavy atom. The van der Waals surface area contributed by atoms with Gasteiger partial charge in [-0.25, -0.2) is 4.79 Å². The summed E-state index contributed by atoms with van der Waals surface area (Å²) in [5, 5.41) is 0.769. The monoisotopic (exact) mass is 274 g/mol. The van der Waals surface area contributed by atoms with Crippen LogP contribution in [0.1, 0.15) is 42.6 Å². The summed E-state index contributed by atoms with van der Waals surface area (Å²) in [6.07, 6.45) is 1.18. The zero-order valence-corrected chi connectivity index (χ0v) is 12.0.